The molecule has 0 fully saturated rings. The normalized spacial score (nSPS) is 11.6. The van der Waals surface area contributed by atoms with Gasteiger partial charge in [0.05, 0.1) is 12.0 Å². The second kappa shape index (κ2) is 6.14. The third-order valence-corrected chi connectivity index (χ3v) is 2.35. The van der Waals surface area contributed by atoms with Crippen molar-refractivity contribution >= 4 is 17.6 Å². The topological polar surface area (TPSA) is 50.1 Å². The van der Waals surface area contributed by atoms with Gasteiger partial charge in [-0.2, -0.15) is 5.26 Å². The van der Waals surface area contributed by atoms with E-state index in [1.165, 1.54) is 0 Å². The first kappa shape index (κ1) is 12.5. The lowest BCUT2D eigenvalue weighted by Crippen LogP contribution is -2.14. The van der Waals surface area contributed by atoms with Crippen molar-refractivity contribution in [3.05, 3.63) is 34.9 Å². The number of halogens is 1. The smallest absolute Gasteiger partial charge is 0.310 e. The van der Waals surface area contributed by atoms with Crippen molar-refractivity contribution < 1.29 is 9.53 Å². The molecule has 4 heteroatoms. The van der Waals surface area contributed by atoms with E-state index >= 15 is 0 Å². The van der Waals surface area contributed by atoms with Gasteiger partial charge >= 0.3 is 5.97 Å². The second-order valence-electron chi connectivity index (χ2n) is 3.50. The highest BCUT2D eigenvalue weighted by Crippen LogP contribution is 2.11. The Balaban J connectivity index is 2.43. The van der Waals surface area contributed by atoms with Crippen molar-refractivity contribution in [1.82, 2.24) is 0 Å². The van der Waals surface area contributed by atoms with Gasteiger partial charge in [-0.25, -0.2) is 0 Å². The predicted octanol–water partition coefficient (Wildman–Crippen LogP) is 2.93. The molecule has 0 aliphatic carbocycles. The molecule has 0 saturated heterocycles. The lowest BCUT2D eigenvalue weighted by atomic mass is 10.1. The van der Waals surface area contributed by atoms with Gasteiger partial charge in [0.25, 0.3) is 0 Å². The number of nitriles is 1. The van der Waals surface area contributed by atoms with Crippen LogP contribution in [-0.4, -0.2) is 5.97 Å². The molecule has 0 bridgehead atoms. The van der Waals surface area contributed by atoms with Gasteiger partial charge in [0.15, 0.2) is 0 Å². The Kier molecular flexibility index (Phi) is 4.81. The molecule has 0 aliphatic heterocycles. The van der Waals surface area contributed by atoms with Gasteiger partial charge in [-0.3, -0.25) is 4.79 Å². The van der Waals surface area contributed by atoms with Crippen LogP contribution in [0.25, 0.3) is 0 Å². The van der Waals surface area contributed by atoms with Crippen LogP contribution in [0.4, 0.5) is 0 Å². The van der Waals surface area contributed by atoms with Gasteiger partial charge in [0.1, 0.15) is 6.61 Å². The van der Waals surface area contributed by atoms with Gasteiger partial charge in [0.2, 0.25) is 0 Å². The summed E-state index contributed by atoms with van der Waals surface area (Å²) in [7, 11) is 0. The molecule has 16 heavy (non-hydrogen) atoms. The summed E-state index contributed by atoms with van der Waals surface area (Å²) in [4.78, 5) is 11.4. The standard InChI is InChI=1S/C12H12ClNO2/c1-9(6-7-14)12(15)16-8-10-2-4-11(13)5-3-10/h2-5,9H,6,8H2,1H3. The Labute approximate surface area is 99.6 Å². The van der Waals surface area contributed by atoms with Crippen LogP contribution in [0.1, 0.15) is 18.9 Å². The van der Waals surface area contributed by atoms with Gasteiger partial charge in [-0.15, -0.1) is 0 Å². The number of esters is 1. The quantitative estimate of drug-likeness (QED) is 0.757. The lowest BCUT2D eigenvalue weighted by Gasteiger charge is -2.08. The SMILES string of the molecule is CC(CC#N)C(=O)OCc1ccc(Cl)cc1. The molecule has 0 aliphatic rings. The number of nitrogens with zero attached hydrogens (tertiary/aromatic N) is 1. The third kappa shape index (κ3) is 3.92. The minimum atomic E-state index is -0.377. The fourth-order valence-electron chi connectivity index (χ4n) is 1.10. The zero-order chi connectivity index (χ0) is 12.0. The number of benzene rings is 1. The van der Waals surface area contributed by atoms with Crippen LogP contribution in [-0.2, 0) is 16.1 Å². The summed E-state index contributed by atoms with van der Waals surface area (Å²) in [6.45, 7) is 1.89. The number of hydrogen-bond donors (Lipinski definition) is 0. The molecule has 0 N–H and O–H groups in total. The molecule has 0 spiro atoms. The second-order valence-corrected chi connectivity index (χ2v) is 3.93. The van der Waals surface area contributed by atoms with E-state index in [4.69, 9.17) is 21.6 Å². The van der Waals surface area contributed by atoms with Crippen LogP contribution < -0.4 is 0 Å². The summed E-state index contributed by atoms with van der Waals surface area (Å²) in [5.41, 5.74) is 0.877. The summed E-state index contributed by atoms with van der Waals surface area (Å²) in [5.74, 6) is -0.728. The van der Waals surface area contributed by atoms with Crippen molar-refractivity contribution in [2.45, 2.75) is 20.0 Å². The number of carbonyl (C=O) groups is 1. The Bertz CT molecular complexity index is 394. The molecule has 0 heterocycles. The summed E-state index contributed by atoms with van der Waals surface area (Å²) < 4.78 is 5.05. The molecule has 0 aromatic heterocycles. The van der Waals surface area contributed by atoms with Crippen LogP contribution in [0.3, 0.4) is 0 Å². The first-order valence-electron chi connectivity index (χ1n) is 4.91. The number of carbonyl (C=O) groups excluding carboxylic acids is 1. The van der Waals surface area contributed by atoms with Crippen molar-refractivity contribution in [3.8, 4) is 6.07 Å². The molecule has 1 aromatic rings. The highest BCUT2D eigenvalue weighted by atomic mass is 35.5. The highest BCUT2D eigenvalue weighted by Gasteiger charge is 2.13. The van der Waals surface area contributed by atoms with E-state index in [1.54, 1.807) is 31.2 Å². The van der Waals surface area contributed by atoms with Gasteiger partial charge < -0.3 is 4.74 Å². The predicted molar refractivity (Wildman–Crippen MR) is 60.6 cm³/mol. The van der Waals surface area contributed by atoms with Crippen molar-refractivity contribution in [1.29, 1.82) is 5.26 Å². The molecule has 1 aromatic carbocycles. The minimum absolute atomic E-state index is 0.180. The van der Waals surface area contributed by atoms with Crippen molar-refractivity contribution in [2.75, 3.05) is 0 Å². The first-order chi connectivity index (χ1) is 7.63. The van der Waals surface area contributed by atoms with Gasteiger partial charge in [-0.05, 0) is 17.7 Å². The lowest BCUT2D eigenvalue weighted by molar-refractivity contribution is -0.149. The van der Waals surface area contributed by atoms with E-state index in [2.05, 4.69) is 0 Å². The Morgan fingerprint density at radius 2 is 2.12 bits per heavy atom. The van der Waals surface area contributed by atoms with Crippen LogP contribution >= 0.6 is 11.6 Å². The molecule has 1 unspecified atom stereocenters. The average molecular weight is 238 g/mol. The Morgan fingerprint density at radius 3 is 2.69 bits per heavy atom. The van der Waals surface area contributed by atoms with E-state index < -0.39 is 0 Å². The van der Waals surface area contributed by atoms with Crippen LogP contribution in [0, 0.1) is 17.2 Å². The molecular formula is C12H12ClNO2. The Hall–Kier alpha value is -1.53. The van der Waals surface area contributed by atoms with Crippen LogP contribution in [0.15, 0.2) is 24.3 Å². The average Bonchev–Trinajstić information content (AvgIpc) is 2.28. The maximum atomic E-state index is 11.4. The largest absolute Gasteiger partial charge is 0.461 e. The molecule has 0 amide bonds. The summed E-state index contributed by atoms with van der Waals surface area (Å²) >= 11 is 5.72. The molecular weight excluding hydrogens is 226 g/mol. The summed E-state index contributed by atoms with van der Waals surface area (Å²) in [6.07, 6.45) is 0.180. The fourth-order valence-corrected chi connectivity index (χ4v) is 1.22. The number of hydrogen-bond acceptors (Lipinski definition) is 3. The number of rotatable bonds is 4. The maximum absolute atomic E-state index is 11.4. The fraction of sp³-hybridized carbons (Fsp3) is 0.333. The molecule has 3 nitrogen and oxygen atoms in total. The third-order valence-electron chi connectivity index (χ3n) is 2.09. The van der Waals surface area contributed by atoms with Crippen LogP contribution in [0.2, 0.25) is 5.02 Å². The van der Waals surface area contributed by atoms with E-state index in [0.29, 0.717) is 5.02 Å². The minimum Gasteiger partial charge on any atom is -0.461 e. The van der Waals surface area contributed by atoms with Gasteiger partial charge in [-0.1, -0.05) is 30.7 Å². The molecule has 84 valence electrons. The van der Waals surface area contributed by atoms with Crippen LogP contribution in [0.5, 0.6) is 0 Å². The summed E-state index contributed by atoms with van der Waals surface area (Å²) in [6, 6.07) is 9.01. The first-order valence-corrected chi connectivity index (χ1v) is 5.29. The molecule has 0 radical (unpaired) electrons. The van der Waals surface area contributed by atoms with Gasteiger partial charge in [0, 0.05) is 11.4 Å². The molecule has 0 saturated carbocycles. The van der Waals surface area contributed by atoms with E-state index in [-0.39, 0.29) is 24.9 Å². The monoisotopic (exact) mass is 237 g/mol. The number of ether oxygens (including phenoxy) is 1. The zero-order valence-electron chi connectivity index (χ0n) is 8.94. The Morgan fingerprint density at radius 1 is 1.50 bits per heavy atom. The molecule has 1 atom stereocenters. The molecule has 1 rings (SSSR count). The zero-order valence-corrected chi connectivity index (χ0v) is 9.70. The van der Waals surface area contributed by atoms with Crippen molar-refractivity contribution in [2.24, 2.45) is 5.92 Å². The summed E-state index contributed by atoms with van der Waals surface area (Å²) in [5, 5.41) is 9.08. The highest BCUT2D eigenvalue weighted by molar-refractivity contribution is 6.30. The van der Waals surface area contributed by atoms with E-state index in [0.717, 1.165) is 5.56 Å². The van der Waals surface area contributed by atoms with E-state index in [1.807, 2.05) is 6.07 Å². The van der Waals surface area contributed by atoms with E-state index in [9.17, 15) is 4.79 Å². The maximum Gasteiger partial charge on any atom is 0.310 e. The van der Waals surface area contributed by atoms with Crippen molar-refractivity contribution in [3.63, 3.8) is 0 Å².